The number of allylic oxidation sites excluding steroid dienone is 1. The number of aliphatic hydroxyl groups is 1. The number of rotatable bonds is 8. The summed E-state index contributed by atoms with van der Waals surface area (Å²) in [4.78, 5) is 58.7. The van der Waals surface area contributed by atoms with Crippen LogP contribution in [0.15, 0.2) is 54.6 Å². The molecule has 0 unspecified atom stereocenters. The molecular weight excluding hydrogens is 550 g/mol. The summed E-state index contributed by atoms with van der Waals surface area (Å²) in [5.41, 5.74) is -0.626. The van der Waals surface area contributed by atoms with E-state index >= 15 is 0 Å². The third-order valence-corrected chi connectivity index (χ3v) is 9.20. The first kappa shape index (κ1) is 30.9. The molecule has 2 N–H and O–H groups in total. The summed E-state index contributed by atoms with van der Waals surface area (Å²) in [5.74, 6) is -3.32. The molecule has 1 spiro atoms. The number of likely N-dealkylation sites (tertiary alicyclic amines) is 1. The maximum Gasteiger partial charge on any atom is 0.306 e. The number of carbonyl (C=O) groups excluding carboxylic acids is 4. The van der Waals surface area contributed by atoms with Crippen molar-refractivity contribution in [3.05, 3.63) is 60.2 Å². The first-order valence-corrected chi connectivity index (χ1v) is 15.6. The van der Waals surface area contributed by atoms with Gasteiger partial charge in [-0.2, -0.15) is 0 Å². The van der Waals surface area contributed by atoms with Gasteiger partial charge in [0.25, 0.3) is 0 Å². The van der Waals surface area contributed by atoms with Gasteiger partial charge >= 0.3 is 5.97 Å². The largest absolute Gasteiger partial charge is 0.463 e. The number of benzene rings is 1. The quantitative estimate of drug-likeness (QED) is 0.270. The Morgan fingerprint density at radius 1 is 1.07 bits per heavy atom. The van der Waals surface area contributed by atoms with Crippen LogP contribution in [0.25, 0.3) is 0 Å². The van der Waals surface area contributed by atoms with Gasteiger partial charge < -0.3 is 29.7 Å². The minimum Gasteiger partial charge on any atom is -0.463 e. The first-order valence-electron chi connectivity index (χ1n) is 15.6. The van der Waals surface area contributed by atoms with E-state index in [-0.39, 0.29) is 37.4 Å². The van der Waals surface area contributed by atoms with Crippen molar-refractivity contribution >= 4 is 23.7 Å². The van der Waals surface area contributed by atoms with E-state index in [0.29, 0.717) is 25.9 Å². The smallest absolute Gasteiger partial charge is 0.306 e. The summed E-state index contributed by atoms with van der Waals surface area (Å²) >= 11 is 0. The molecule has 5 rings (SSSR count). The van der Waals surface area contributed by atoms with Crippen molar-refractivity contribution < 1.29 is 33.8 Å². The van der Waals surface area contributed by atoms with Crippen molar-refractivity contribution in [2.45, 2.75) is 82.2 Å². The minimum atomic E-state index is -1.39. The van der Waals surface area contributed by atoms with Gasteiger partial charge in [0, 0.05) is 19.5 Å². The van der Waals surface area contributed by atoms with E-state index in [9.17, 15) is 24.3 Å². The van der Waals surface area contributed by atoms with E-state index in [4.69, 9.17) is 9.47 Å². The maximum atomic E-state index is 14.5. The molecule has 2 saturated heterocycles. The number of amides is 3. The SMILES string of the molecule is CCCCCN1CC=C[C@]23O[C@@H]4/C=C\CCC(=O)OC[C@@H](c5ccccc5)NC(=O)[C@@H]4[C@H]2C(=O)N([C@@H](CC)CO)[C@@H]3C1=O. The fourth-order valence-corrected chi connectivity index (χ4v) is 6.98. The Balaban J connectivity index is 1.57. The first-order chi connectivity index (χ1) is 20.9. The van der Waals surface area contributed by atoms with Crippen molar-refractivity contribution in [2.24, 2.45) is 11.8 Å². The van der Waals surface area contributed by atoms with E-state index in [1.165, 1.54) is 4.90 Å². The van der Waals surface area contributed by atoms with Gasteiger partial charge in [0.05, 0.1) is 36.6 Å². The van der Waals surface area contributed by atoms with Gasteiger partial charge in [0.2, 0.25) is 17.7 Å². The Bertz CT molecular complexity index is 1250. The van der Waals surface area contributed by atoms with E-state index in [0.717, 1.165) is 24.8 Å². The molecule has 232 valence electrons. The van der Waals surface area contributed by atoms with E-state index in [1.807, 2.05) is 49.4 Å². The Labute approximate surface area is 253 Å². The number of ether oxygens (including phenoxy) is 2. The summed E-state index contributed by atoms with van der Waals surface area (Å²) in [5, 5.41) is 13.4. The van der Waals surface area contributed by atoms with E-state index < -0.39 is 47.6 Å². The zero-order chi connectivity index (χ0) is 30.6. The van der Waals surface area contributed by atoms with Crippen molar-refractivity contribution in [3.63, 3.8) is 0 Å². The monoisotopic (exact) mass is 593 g/mol. The zero-order valence-corrected chi connectivity index (χ0v) is 25.0. The molecule has 10 nitrogen and oxygen atoms in total. The number of aliphatic hydroxyl groups excluding tert-OH is 1. The molecule has 0 aromatic heterocycles. The molecule has 43 heavy (non-hydrogen) atoms. The molecule has 7 atom stereocenters. The summed E-state index contributed by atoms with van der Waals surface area (Å²) < 4.78 is 12.3. The molecular formula is C33H43N3O7. The van der Waals surface area contributed by atoms with Crippen molar-refractivity contribution in [1.82, 2.24) is 15.1 Å². The van der Waals surface area contributed by atoms with Gasteiger partial charge in [-0.05, 0) is 24.8 Å². The summed E-state index contributed by atoms with van der Waals surface area (Å²) in [7, 11) is 0. The average Bonchev–Trinajstić information content (AvgIpc) is 3.40. The van der Waals surface area contributed by atoms with Gasteiger partial charge in [-0.15, -0.1) is 0 Å². The fraction of sp³-hybridized carbons (Fsp3) is 0.576. The molecule has 1 aromatic carbocycles. The van der Waals surface area contributed by atoms with E-state index in [1.54, 1.807) is 17.1 Å². The number of nitrogens with zero attached hydrogens (tertiary/aromatic N) is 2. The Kier molecular flexibility index (Phi) is 9.66. The lowest BCUT2D eigenvalue weighted by molar-refractivity contribution is -0.151. The number of cyclic esters (lactones) is 1. The number of hydrogen-bond acceptors (Lipinski definition) is 7. The number of fused-ring (bicyclic) bond motifs is 2. The molecule has 4 aliphatic heterocycles. The second-order valence-electron chi connectivity index (χ2n) is 11.8. The molecule has 0 bridgehead atoms. The van der Waals surface area contributed by atoms with Gasteiger partial charge in [0.1, 0.15) is 18.2 Å². The predicted octanol–water partition coefficient (Wildman–Crippen LogP) is 2.68. The van der Waals surface area contributed by atoms with Gasteiger partial charge in [-0.3, -0.25) is 19.2 Å². The molecule has 3 amide bonds. The van der Waals surface area contributed by atoms with Gasteiger partial charge in [-0.25, -0.2) is 0 Å². The van der Waals surface area contributed by atoms with Crippen molar-refractivity contribution in [1.29, 1.82) is 0 Å². The Hall–Kier alpha value is -3.50. The van der Waals surface area contributed by atoms with Crippen LogP contribution >= 0.6 is 0 Å². The van der Waals surface area contributed by atoms with Crippen LogP contribution in [0, 0.1) is 11.8 Å². The Morgan fingerprint density at radius 2 is 1.86 bits per heavy atom. The van der Waals surface area contributed by atoms with Crippen LogP contribution in [0.3, 0.4) is 0 Å². The third kappa shape index (κ3) is 5.87. The standard InChI is InChI=1S/C33H43N3O7/c1-3-5-11-18-35-19-12-17-33-28(31(40)36(23(4-2)20-37)29(33)32(35)41)27-25(43-33)15-9-10-16-26(38)42-21-24(34-30(27)39)22-13-7-6-8-14-22/h6-9,12-15,17,23-25,27-29,37H,3-5,10-11,16,18-21H2,1-2H3,(H,34,39)/b15-9-/t23-,24-,25+,27-,28-,29+,33-/m0/s1. The molecule has 4 heterocycles. The van der Waals surface area contributed by atoms with Crippen molar-refractivity contribution in [2.75, 3.05) is 26.3 Å². The third-order valence-electron chi connectivity index (χ3n) is 9.20. The minimum absolute atomic E-state index is 0.0530. The van der Waals surface area contributed by atoms with Crippen LogP contribution in [-0.2, 0) is 28.7 Å². The molecule has 10 heteroatoms. The highest BCUT2D eigenvalue weighted by Gasteiger charge is 2.72. The van der Waals surface area contributed by atoms with Gasteiger partial charge in [0.15, 0.2) is 0 Å². The average molecular weight is 594 g/mol. The summed E-state index contributed by atoms with van der Waals surface area (Å²) in [6.07, 6.45) is 10.2. The maximum absolute atomic E-state index is 14.5. The molecule has 2 fully saturated rings. The molecule has 4 aliphatic rings. The molecule has 0 aliphatic carbocycles. The second kappa shape index (κ2) is 13.4. The number of hydrogen-bond donors (Lipinski definition) is 2. The fourth-order valence-electron chi connectivity index (χ4n) is 6.98. The zero-order valence-electron chi connectivity index (χ0n) is 25.0. The summed E-state index contributed by atoms with van der Waals surface area (Å²) in [6.45, 7) is 4.53. The highest BCUT2D eigenvalue weighted by Crippen LogP contribution is 2.53. The van der Waals surface area contributed by atoms with Crippen LogP contribution < -0.4 is 5.32 Å². The topological polar surface area (TPSA) is 125 Å². The molecule has 0 radical (unpaired) electrons. The van der Waals surface area contributed by atoms with Crippen LogP contribution in [0.5, 0.6) is 0 Å². The Morgan fingerprint density at radius 3 is 2.58 bits per heavy atom. The van der Waals surface area contributed by atoms with E-state index in [2.05, 4.69) is 12.2 Å². The lowest BCUT2D eigenvalue weighted by atomic mass is 9.77. The lowest BCUT2D eigenvalue weighted by Crippen LogP contribution is -2.58. The predicted molar refractivity (Wildman–Crippen MR) is 158 cm³/mol. The van der Waals surface area contributed by atoms with Gasteiger partial charge in [-0.1, -0.05) is 81.3 Å². The van der Waals surface area contributed by atoms with Crippen molar-refractivity contribution in [3.8, 4) is 0 Å². The van der Waals surface area contributed by atoms with Crippen LogP contribution in [0.2, 0.25) is 0 Å². The lowest BCUT2D eigenvalue weighted by Gasteiger charge is -2.38. The normalized spacial score (nSPS) is 32.5. The number of nitrogens with one attached hydrogen (secondary N) is 1. The van der Waals surface area contributed by atoms with Crippen LogP contribution in [0.1, 0.15) is 64.0 Å². The highest BCUT2D eigenvalue weighted by molar-refractivity contribution is 6.00. The second-order valence-corrected chi connectivity index (χ2v) is 11.8. The summed E-state index contributed by atoms with van der Waals surface area (Å²) in [6, 6.07) is 6.99. The molecule has 1 aromatic rings. The van der Waals surface area contributed by atoms with Crippen LogP contribution in [-0.4, -0.2) is 88.7 Å². The highest BCUT2D eigenvalue weighted by atomic mass is 16.5. The number of esters is 1. The molecule has 0 saturated carbocycles. The van der Waals surface area contributed by atoms with Crippen LogP contribution in [0.4, 0.5) is 0 Å². The number of carbonyl (C=O) groups is 4. The number of unbranched alkanes of at least 4 members (excludes halogenated alkanes) is 2.